The lowest BCUT2D eigenvalue weighted by molar-refractivity contribution is 0.144. The van der Waals surface area contributed by atoms with Crippen LogP contribution in [0.1, 0.15) is 23.9 Å². The number of alkyl halides is 2. The highest BCUT2D eigenvalue weighted by atomic mass is 19.3. The van der Waals surface area contributed by atoms with Crippen molar-refractivity contribution >= 4 is 0 Å². The number of rotatable bonds is 3. The second kappa shape index (κ2) is 4.20. The molecule has 4 nitrogen and oxygen atoms in total. The van der Waals surface area contributed by atoms with Crippen molar-refractivity contribution in [2.45, 2.75) is 12.5 Å². The minimum Gasteiger partial charge on any atom is -0.385 e. The molecule has 0 radical (unpaired) electrons. The van der Waals surface area contributed by atoms with Gasteiger partial charge in [0.25, 0.3) is 6.43 Å². The molecule has 0 saturated carbocycles. The maximum absolute atomic E-state index is 12.0. The van der Waals surface area contributed by atoms with Crippen LogP contribution in [0.2, 0.25) is 0 Å². The predicted molar refractivity (Wildman–Crippen MR) is 41.0 cm³/mol. The van der Waals surface area contributed by atoms with Crippen LogP contribution < -0.4 is 5.73 Å². The van der Waals surface area contributed by atoms with Crippen molar-refractivity contribution in [3.05, 3.63) is 23.8 Å². The number of nitrogens with zero attached hydrogens (tertiary/aromatic N) is 2. The first-order valence-corrected chi connectivity index (χ1v) is 3.63. The second-order valence-corrected chi connectivity index (χ2v) is 2.42. The zero-order chi connectivity index (χ0) is 9.84. The zero-order valence-corrected chi connectivity index (χ0v) is 6.69. The molecule has 0 bridgehead atoms. The standard InChI is InChI=1S/C7H9F2N3O/c8-7(9)5-3-11-4(2-12-5)6(13)1-10/h2-3,6-7,13H,1,10H2. The van der Waals surface area contributed by atoms with E-state index in [4.69, 9.17) is 10.8 Å². The van der Waals surface area contributed by atoms with Crippen LogP contribution in [0, 0.1) is 0 Å². The molecular weight excluding hydrogens is 180 g/mol. The quantitative estimate of drug-likeness (QED) is 0.722. The molecule has 6 heteroatoms. The van der Waals surface area contributed by atoms with Gasteiger partial charge in [0.1, 0.15) is 11.8 Å². The van der Waals surface area contributed by atoms with Gasteiger partial charge in [-0.1, -0.05) is 0 Å². The van der Waals surface area contributed by atoms with Crippen molar-refractivity contribution in [2.24, 2.45) is 5.73 Å². The first-order chi connectivity index (χ1) is 6.15. The van der Waals surface area contributed by atoms with Crippen LogP contribution in [-0.4, -0.2) is 21.6 Å². The number of hydrogen-bond donors (Lipinski definition) is 2. The maximum atomic E-state index is 12.0. The molecule has 72 valence electrons. The number of hydrogen-bond acceptors (Lipinski definition) is 4. The van der Waals surface area contributed by atoms with E-state index in [-0.39, 0.29) is 12.2 Å². The summed E-state index contributed by atoms with van der Waals surface area (Å²) in [5.74, 6) is 0. The van der Waals surface area contributed by atoms with Gasteiger partial charge in [-0.05, 0) is 0 Å². The number of aromatic nitrogens is 2. The van der Waals surface area contributed by atoms with Gasteiger partial charge in [0.2, 0.25) is 0 Å². The number of aliphatic hydroxyl groups is 1. The van der Waals surface area contributed by atoms with Gasteiger partial charge in [-0.3, -0.25) is 9.97 Å². The zero-order valence-electron chi connectivity index (χ0n) is 6.69. The topological polar surface area (TPSA) is 72.0 Å². The van der Waals surface area contributed by atoms with Gasteiger partial charge in [-0.15, -0.1) is 0 Å². The summed E-state index contributed by atoms with van der Waals surface area (Å²) in [5.41, 5.74) is 4.93. The average molecular weight is 189 g/mol. The highest BCUT2D eigenvalue weighted by molar-refractivity contribution is 5.05. The van der Waals surface area contributed by atoms with Crippen molar-refractivity contribution in [3.63, 3.8) is 0 Å². The van der Waals surface area contributed by atoms with Gasteiger partial charge >= 0.3 is 0 Å². The van der Waals surface area contributed by atoms with Gasteiger partial charge in [-0.25, -0.2) is 8.78 Å². The van der Waals surface area contributed by atoms with Crippen LogP contribution in [0.5, 0.6) is 0 Å². The number of halogens is 2. The van der Waals surface area contributed by atoms with Crippen molar-refractivity contribution in [3.8, 4) is 0 Å². The summed E-state index contributed by atoms with van der Waals surface area (Å²) in [4.78, 5) is 7.02. The van der Waals surface area contributed by atoms with Crippen LogP contribution >= 0.6 is 0 Å². The van der Waals surface area contributed by atoms with E-state index in [1.807, 2.05) is 0 Å². The first kappa shape index (κ1) is 9.94. The fourth-order valence-electron chi connectivity index (χ4n) is 0.754. The fourth-order valence-corrected chi connectivity index (χ4v) is 0.754. The van der Waals surface area contributed by atoms with E-state index in [9.17, 15) is 8.78 Å². The summed E-state index contributed by atoms with van der Waals surface area (Å²) < 4.78 is 24.0. The molecular formula is C7H9F2N3O. The van der Waals surface area contributed by atoms with Crippen molar-refractivity contribution in [1.82, 2.24) is 9.97 Å². The Hall–Kier alpha value is -1.14. The molecule has 1 atom stereocenters. The molecule has 1 aromatic heterocycles. The Bertz CT molecular complexity index is 265. The third-order valence-electron chi connectivity index (χ3n) is 1.48. The Balaban J connectivity index is 2.81. The Morgan fingerprint density at radius 3 is 2.23 bits per heavy atom. The average Bonchev–Trinajstić information content (AvgIpc) is 2.17. The molecule has 0 fully saturated rings. The molecule has 0 amide bonds. The monoisotopic (exact) mass is 189 g/mol. The third kappa shape index (κ3) is 2.40. The van der Waals surface area contributed by atoms with Crippen LogP contribution in [0.4, 0.5) is 8.78 Å². The van der Waals surface area contributed by atoms with Gasteiger partial charge < -0.3 is 10.8 Å². The number of nitrogens with two attached hydrogens (primary N) is 1. The van der Waals surface area contributed by atoms with E-state index in [0.29, 0.717) is 0 Å². The molecule has 0 saturated heterocycles. The van der Waals surface area contributed by atoms with Crippen LogP contribution in [0.3, 0.4) is 0 Å². The second-order valence-electron chi connectivity index (χ2n) is 2.42. The van der Waals surface area contributed by atoms with E-state index in [1.165, 1.54) is 0 Å². The molecule has 0 aromatic carbocycles. The van der Waals surface area contributed by atoms with E-state index >= 15 is 0 Å². The van der Waals surface area contributed by atoms with Gasteiger partial charge in [0.05, 0.1) is 18.1 Å². The Kier molecular flexibility index (Phi) is 3.21. The van der Waals surface area contributed by atoms with E-state index in [0.717, 1.165) is 12.4 Å². The molecule has 1 aromatic rings. The van der Waals surface area contributed by atoms with E-state index < -0.39 is 18.2 Å². The van der Waals surface area contributed by atoms with Crippen molar-refractivity contribution in [2.75, 3.05) is 6.54 Å². The molecule has 13 heavy (non-hydrogen) atoms. The first-order valence-electron chi connectivity index (χ1n) is 3.63. The van der Waals surface area contributed by atoms with E-state index in [1.54, 1.807) is 0 Å². The molecule has 0 aliphatic rings. The lowest BCUT2D eigenvalue weighted by atomic mass is 10.2. The van der Waals surface area contributed by atoms with Gasteiger partial charge in [0.15, 0.2) is 0 Å². The summed E-state index contributed by atoms with van der Waals surface area (Å²) in [7, 11) is 0. The molecule has 0 aliphatic heterocycles. The third-order valence-corrected chi connectivity index (χ3v) is 1.48. The minimum absolute atomic E-state index is 0.0112. The lowest BCUT2D eigenvalue weighted by Crippen LogP contribution is -2.13. The molecule has 0 aliphatic carbocycles. The van der Waals surface area contributed by atoms with Crippen LogP contribution in [0.25, 0.3) is 0 Å². The fraction of sp³-hybridized carbons (Fsp3) is 0.429. The smallest absolute Gasteiger partial charge is 0.281 e. The highest BCUT2D eigenvalue weighted by Crippen LogP contribution is 2.15. The lowest BCUT2D eigenvalue weighted by Gasteiger charge is -2.06. The molecule has 1 unspecified atom stereocenters. The van der Waals surface area contributed by atoms with E-state index in [2.05, 4.69) is 9.97 Å². The highest BCUT2D eigenvalue weighted by Gasteiger charge is 2.11. The summed E-state index contributed by atoms with van der Waals surface area (Å²) in [5, 5.41) is 9.14. The Labute approximate surface area is 73.4 Å². The summed E-state index contributed by atoms with van der Waals surface area (Å²) in [6.07, 6.45) is -1.56. The largest absolute Gasteiger partial charge is 0.385 e. The summed E-state index contributed by atoms with van der Waals surface area (Å²) in [6.45, 7) is -0.0112. The molecule has 1 rings (SSSR count). The summed E-state index contributed by atoms with van der Waals surface area (Å²) >= 11 is 0. The SMILES string of the molecule is NCC(O)c1cnc(C(F)F)cn1. The Morgan fingerprint density at radius 1 is 1.31 bits per heavy atom. The van der Waals surface area contributed by atoms with Crippen molar-refractivity contribution < 1.29 is 13.9 Å². The molecule has 0 spiro atoms. The normalized spacial score (nSPS) is 13.3. The summed E-state index contributed by atoms with van der Waals surface area (Å²) in [6, 6.07) is 0. The van der Waals surface area contributed by atoms with Crippen molar-refractivity contribution in [1.29, 1.82) is 0 Å². The molecule has 3 N–H and O–H groups in total. The minimum atomic E-state index is -2.64. The number of aliphatic hydroxyl groups excluding tert-OH is 1. The molecule has 1 heterocycles. The van der Waals surface area contributed by atoms with Gasteiger partial charge in [-0.2, -0.15) is 0 Å². The Morgan fingerprint density at radius 2 is 1.85 bits per heavy atom. The predicted octanol–water partition coefficient (Wildman–Crippen LogP) is 0.406. The maximum Gasteiger partial charge on any atom is 0.281 e. The van der Waals surface area contributed by atoms with Gasteiger partial charge in [0, 0.05) is 6.54 Å². The van der Waals surface area contributed by atoms with Crippen LogP contribution in [0.15, 0.2) is 12.4 Å². The van der Waals surface area contributed by atoms with Crippen LogP contribution in [-0.2, 0) is 0 Å².